The van der Waals surface area contributed by atoms with Crippen molar-refractivity contribution in [3.8, 4) is 0 Å². The highest BCUT2D eigenvalue weighted by Gasteiger charge is 2.51. The second kappa shape index (κ2) is 4.34. The van der Waals surface area contributed by atoms with Crippen molar-refractivity contribution in [1.29, 1.82) is 0 Å². The summed E-state index contributed by atoms with van der Waals surface area (Å²) in [6, 6.07) is 6.76. The summed E-state index contributed by atoms with van der Waals surface area (Å²) in [5.41, 5.74) is 4.55. The molecule has 0 aliphatic heterocycles. The molecule has 1 N–H and O–H groups in total. The third-order valence-electron chi connectivity index (χ3n) is 6.71. The van der Waals surface area contributed by atoms with Crippen LogP contribution in [-0.2, 0) is 0 Å². The smallest absolute Gasteiger partial charge is 0.0795 e. The van der Waals surface area contributed by atoms with Gasteiger partial charge in [-0.3, -0.25) is 0 Å². The summed E-state index contributed by atoms with van der Waals surface area (Å²) < 4.78 is 0. The Morgan fingerprint density at radius 1 is 1.15 bits per heavy atom. The van der Waals surface area contributed by atoms with E-state index in [0.717, 1.165) is 18.3 Å². The molecule has 0 bridgehead atoms. The lowest BCUT2D eigenvalue weighted by atomic mass is 9.55. The second-order valence-corrected chi connectivity index (χ2v) is 7.85. The monoisotopic (exact) mass is 270 g/mol. The zero-order valence-electron chi connectivity index (χ0n) is 12.7. The van der Waals surface area contributed by atoms with E-state index in [1.165, 1.54) is 48.8 Å². The molecule has 0 spiro atoms. The van der Waals surface area contributed by atoms with Gasteiger partial charge >= 0.3 is 0 Å². The van der Waals surface area contributed by atoms with Crippen molar-refractivity contribution in [3.63, 3.8) is 0 Å². The molecule has 0 radical (unpaired) electrons. The van der Waals surface area contributed by atoms with E-state index < -0.39 is 0 Å². The van der Waals surface area contributed by atoms with Crippen LogP contribution in [0.5, 0.6) is 0 Å². The summed E-state index contributed by atoms with van der Waals surface area (Å²) in [6.07, 6.45) is 7.71. The minimum Gasteiger partial charge on any atom is -0.388 e. The Hall–Kier alpha value is -0.820. The minimum atomic E-state index is -0.228. The van der Waals surface area contributed by atoms with Crippen LogP contribution in [0.3, 0.4) is 0 Å². The van der Waals surface area contributed by atoms with Crippen molar-refractivity contribution in [3.05, 3.63) is 34.9 Å². The van der Waals surface area contributed by atoms with Crippen molar-refractivity contribution in [2.45, 2.75) is 64.4 Å². The molecular formula is C19H26O. The van der Waals surface area contributed by atoms with Crippen LogP contribution < -0.4 is 0 Å². The Bertz CT molecular complexity index is 535. The number of hydrogen-bond acceptors (Lipinski definition) is 1. The van der Waals surface area contributed by atoms with Crippen LogP contribution in [-0.4, -0.2) is 5.11 Å². The van der Waals surface area contributed by atoms with E-state index in [0.29, 0.717) is 11.3 Å². The first kappa shape index (κ1) is 12.9. The molecular weight excluding hydrogens is 244 g/mol. The predicted octanol–water partition coefficient (Wildman–Crippen LogP) is 4.73. The Balaban J connectivity index is 1.76. The molecule has 1 aromatic carbocycles. The maximum absolute atomic E-state index is 10.6. The van der Waals surface area contributed by atoms with Gasteiger partial charge in [0.15, 0.2) is 0 Å². The zero-order valence-corrected chi connectivity index (χ0v) is 12.7. The van der Waals surface area contributed by atoms with Gasteiger partial charge in [0.05, 0.1) is 6.10 Å². The molecule has 5 unspecified atom stereocenters. The molecule has 0 saturated heterocycles. The summed E-state index contributed by atoms with van der Waals surface area (Å²) in [5.74, 6) is 2.29. The molecule has 2 saturated carbocycles. The van der Waals surface area contributed by atoms with E-state index in [-0.39, 0.29) is 6.10 Å². The van der Waals surface area contributed by atoms with Crippen molar-refractivity contribution >= 4 is 0 Å². The molecule has 0 heterocycles. The Morgan fingerprint density at radius 2 is 2.00 bits per heavy atom. The lowest BCUT2D eigenvalue weighted by Crippen LogP contribution is -2.40. The van der Waals surface area contributed by atoms with Crippen LogP contribution in [0, 0.1) is 24.2 Å². The molecule has 3 aliphatic carbocycles. The van der Waals surface area contributed by atoms with Gasteiger partial charge in [-0.05, 0) is 73.3 Å². The molecule has 0 aromatic heterocycles. The average Bonchev–Trinajstić information content (AvgIpc) is 2.81. The van der Waals surface area contributed by atoms with Gasteiger partial charge in [-0.15, -0.1) is 0 Å². The second-order valence-electron chi connectivity index (χ2n) is 7.85. The third kappa shape index (κ3) is 1.72. The summed E-state index contributed by atoms with van der Waals surface area (Å²) in [6.45, 7) is 4.64. The number of hydrogen-bond donors (Lipinski definition) is 1. The summed E-state index contributed by atoms with van der Waals surface area (Å²) in [7, 11) is 0. The summed E-state index contributed by atoms with van der Waals surface area (Å²) in [5, 5.41) is 10.6. The average molecular weight is 270 g/mol. The molecule has 1 aromatic rings. The zero-order chi connectivity index (χ0) is 13.9. The molecule has 3 aliphatic rings. The number of benzene rings is 1. The first-order valence-corrected chi connectivity index (χ1v) is 8.37. The standard InChI is InChI=1S/C19H26O/c1-12-5-6-13-14-7-9-19(2)8-3-4-17(19)15(14)11-18(20)16(13)10-12/h5-6,10,14-15,17-18,20H,3-4,7-9,11H2,1-2H3. The van der Waals surface area contributed by atoms with Gasteiger partial charge in [0.2, 0.25) is 0 Å². The van der Waals surface area contributed by atoms with Gasteiger partial charge in [0.25, 0.3) is 0 Å². The molecule has 2 fully saturated rings. The van der Waals surface area contributed by atoms with Gasteiger partial charge in [-0.1, -0.05) is 37.1 Å². The quantitative estimate of drug-likeness (QED) is 0.722. The largest absolute Gasteiger partial charge is 0.388 e. The summed E-state index contributed by atoms with van der Waals surface area (Å²) >= 11 is 0. The van der Waals surface area contributed by atoms with Crippen LogP contribution in [0.1, 0.15) is 74.2 Å². The minimum absolute atomic E-state index is 0.228. The lowest BCUT2D eigenvalue weighted by Gasteiger charge is -2.50. The first-order chi connectivity index (χ1) is 9.58. The first-order valence-electron chi connectivity index (χ1n) is 8.37. The SMILES string of the molecule is Cc1ccc2c(c1)C(O)CC1C2CCC2(C)CCCC12. The Morgan fingerprint density at radius 3 is 2.85 bits per heavy atom. The van der Waals surface area contributed by atoms with Gasteiger partial charge in [0, 0.05) is 0 Å². The van der Waals surface area contributed by atoms with Gasteiger partial charge < -0.3 is 5.11 Å². The van der Waals surface area contributed by atoms with E-state index >= 15 is 0 Å². The number of aliphatic hydroxyl groups excluding tert-OH is 1. The summed E-state index contributed by atoms with van der Waals surface area (Å²) in [4.78, 5) is 0. The van der Waals surface area contributed by atoms with E-state index in [4.69, 9.17) is 0 Å². The Labute approximate surface area is 122 Å². The molecule has 4 rings (SSSR count). The van der Waals surface area contributed by atoms with Crippen LogP contribution in [0.25, 0.3) is 0 Å². The maximum Gasteiger partial charge on any atom is 0.0795 e. The molecule has 108 valence electrons. The number of aliphatic hydroxyl groups is 1. The Kier molecular flexibility index (Phi) is 2.79. The van der Waals surface area contributed by atoms with E-state index in [9.17, 15) is 5.11 Å². The normalized spacial score (nSPS) is 42.8. The molecule has 1 nitrogen and oxygen atoms in total. The van der Waals surface area contributed by atoms with Crippen molar-refractivity contribution in [2.24, 2.45) is 17.3 Å². The highest BCUT2D eigenvalue weighted by atomic mass is 16.3. The molecule has 5 atom stereocenters. The van der Waals surface area contributed by atoms with Gasteiger partial charge in [-0.25, -0.2) is 0 Å². The van der Waals surface area contributed by atoms with Crippen molar-refractivity contribution in [2.75, 3.05) is 0 Å². The fourth-order valence-electron chi connectivity index (χ4n) is 5.70. The van der Waals surface area contributed by atoms with Crippen LogP contribution in [0.4, 0.5) is 0 Å². The van der Waals surface area contributed by atoms with Crippen LogP contribution in [0.15, 0.2) is 18.2 Å². The lowest BCUT2D eigenvalue weighted by molar-refractivity contribution is 0.0181. The number of fused-ring (bicyclic) bond motifs is 5. The fraction of sp³-hybridized carbons (Fsp3) is 0.684. The predicted molar refractivity (Wildman–Crippen MR) is 81.7 cm³/mol. The number of aryl methyl sites for hydroxylation is 1. The van der Waals surface area contributed by atoms with E-state index in [2.05, 4.69) is 32.0 Å². The van der Waals surface area contributed by atoms with Crippen molar-refractivity contribution < 1.29 is 5.11 Å². The van der Waals surface area contributed by atoms with E-state index in [1.807, 2.05) is 0 Å². The van der Waals surface area contributed by atoms with Gasteiger partial charge in [-0.2, -0.15) is 0 Å². The molecule has 1 heteroatoms. The fourth-order valence-corrected chi connectivity index (χ4v) is 5.70. The molecule has 20 heavy (non-hydrogen) atoms. The maximum atomic E-state index is 10.6. The van der Waals surface area contributed by atoms with Gasteiger partial charge in [0.1, 0.15) is 0 Å². The molecule has 0 amide bonds. The van der Waals surface area contributed by atoms with Crippen molar-refractivity contribution in [1.82, 2.24) is 0 Å². The topological polar surface area (TPSA) is 20.2 Å². The number of rotatable bonds is 0. The van der Waals surface area contributed by atoms with E-state index in [1.54, 1.807) is 0 Å². The highest BCUT2D eigenvalue weighted by Crippen LogP contribution is 2.62. The van der Waals surface area contributed by atoms with Crippen LogP contribution in [0.2, 0.25) is 0 Å². The highest BCUT2D eigenvalue weighted by molar-refractivity contribution is 5.39. The third-order valence-corrected chi connectivity index (χ3v) is 6.71. The van der Waals surface area contributed by atoms with Crippen LogP contribution >= 0.6 is 0 Å².